The number of hydrogen-bond donors (Lipinski definition) is 1. The number of halogens is 1. The van der Waals surface area contributed by atoms with E-state index in [1.807, 2.05) is 11.8 Å². The number of aromatic nitrogens is 2. The Morgan fingerprint density at radius 1 is 1.03 bits per heavy atom. The van der Waals surface area contributed by atoms with Crippen LogP contribution in [0.1, 0.15) is 12.5 Å². The van der Waals surface area contributed by atoms with Gasteiger partial charge in [-0.05, 0) is 36.2 Å². The second-order valence-corrected chi connectivity index (χ2v) is 9.23. The van der Waals surface area contributed by atoms with Crippen LogP contribution in [-0.2, 0) is 16.4 Å². The van der Waals surface area contributed by atoms with Crippen molar-refractivity contribution >= 4 is 15.7 Å². The lowest BCUT2D eigenvalue weighted by Gasteiger charge is -2.35. The Bertz CT molecular complexity index is 1230. The molecule has 0 radical (unpaired) electrons. The number of benzene rings is 2. The lowest BCUT2D eigenvalue weighted by molar-refractivity contribution is 0.383. The standard InChI is InChI=1S/C22H23FN4O3S/c1-2-16-7-8-17(19-9-10-22(28)25-24-19)15-21(16)31(29,30)27-13-11-26(12-14-27)20-6-4-3-5-18(20)23/h3-10,15H,2,11-14H2,1H3,(H,25,28). The summed E-state index contributed by atoms with van der Waals surface area (Å²) < 4.78 is 42.5. The van der Waals surface area contributed by atoms with E-state index in [0.29, 0.717) is 42.0 Å². The van der Waals surface area contributed by atoms with E-state index < -0.39 is 10.0 Å². The topological polar surface area (TPSA) is 86.4 Å². The van der Waals surface area contributed by atoms with Gasteiger partial charge in [0.2, 0.25) is 10.0 Å². The van der Waals surface area contributed by atoms with Crippen LogP contribution in [0.15, 0.2) is 64.3 Å². The van der Waals surface area contributed by atoms with Gasteiger partial charge in [-0.3, -0.25) is 4.79 Å². The minimum atomic E-state index is -3.75. The van der Waals surface area contributed by atoms with Crippen molar-refractivity contribution in [3.63, 3.8) is 0 Å². The summed E-state index contributed by atoms with van der Waals surface area (Å²) in [5, 5.41) is 6.38. The van der Waals surface area contributed by atoms with Gasteiger partial charge >= 0.3 is 0 Å². The minimum Gasteiger partial charge on any atom is -0.367 e. The quantitative estimate of drug-likeness (QED) is 0.657. The summed E-state index contributed by atoms with van der Waals surface area (Å²) in [4.78, 5) is 13.4. The van der Waals surface area contributed by atoms with Gasteiger partial charge < -0.3 is 4.90 Å². The number of hydrogen-bond acceptors (Lipinski definition) is 5. The maximum atomic E-state index is 14.1. The SMILES string of the molecule is CCc1ccc(-c2ccc(=O)[nH]n2)cc1S(=O)(=O)N1CCN(c2ccccc2F)CC1. The van der Waals surface area contributed by atoms with Crippen molar-refractivity contribution in [2.24, 2.45) is 0 Å². The lowest BCUT2D eigenvalue weighted by Crippen LogP contribution is -2.49. The molecule has 3 aromatic rings. The molecule has 1 saturated heterocycles. The molecule has 0 saturated carbocycles. The van der Waals surface area contributed by atoms with E-state index in [1.165, 1.54) is 16.4 Å². The van der Waals surface area contributed by atoms with Crippen molar-refractivity contribution in [3.05, 3.63) is 76.3 Å². The summed E-state index contributed by atoms with van der Waals surface area (Å²) in [5.41, 5.74) is 1.97. The van der Waals surface area contributed by atoms with Crippen LogP contribution in [0.3, 0.4) is 0 Å². The molecule has 7 nitrogen and oxygen atoms in total. The summed E-state index contributed by atoms with van der Waals surface area (Å²) in [7, 11) is -3.75. The molecule has 1 fully saturated rings. The number of para-hydroxylation sites is 1. The van der Waals surface area contributed by atoms with Gasteiger partial charge in [0, 0.05) is 37.8 Å². The van der Waals surface area contributed by atoms with Crippen LogP contribution < -0.4 is 10.5 Å². The van der Waals surface area contributed by atoms with E-state index in [1.54, 1.807) is 42.5 Å². The zero-order valence-corrected chi connectivity index (χ0v) is 17.9. The van der Waals surface area contributed by atoms with Crippen molar-refractivity contribution < 1.29 is 12.8 Å². The maximum Gasteiger partial charge on any atom is 0.264 e. The first-order valence-corrected chi connectivity index (χ1v) is 11.5. The number of nitrogens with zero attached hydrogens (tertiary/aromatic N) is 3. The average molecular weight is 443 g/mol. The summed E-state index contributed by atoms with van der Waals surface area (Å²) in [5.74, 6) is -0.312. The zero-order chi connectivity index (χ0) is 22.0. The van der Waals surface area contributed by atoms with Gasteiger partial charge in [0.05, 0.1) is 16.3 Å². The third-order valence-corrected chi connectivity index (χ3v) is 7.45. The Balaban J connectivity index is 1.61. The first kappa shape index (κ1) is 21.2. The van der Waals surface area contributed by atoms with E-state index in [-0.39, 0.29) is 29.4 Å². The molecule has 0 aliphatic carbocycles. The van der Waals surface area contributed by atoms with Crippen molar-refractivity contribution in [2.45, 2.75) is 18.2 Å². The smallest absolute Gasteiger partial charge is 0.264 e. The molecular weight excluding hydrogens is 419 g/mol. The molecule has 0 spiro atoms. The van der Waals surface area contributed by atoms with Crippen molar-refractivity contribution in [1.29, 1.82) is 0 Å². The van der Waals surface area contributed by atoms with Crippen LogP contribution in [0.2, 0.25) is 0 Å². The molecule has 9 heteroatoms. The fourth-order valence-electron chi connectivity index (χ4n) is 3.77. The molecule has 2 aromatic carbocycles. The molecule has 0 unspecified atom stereocenters. The number of anilines is 1. The summed E-state index contributed by atoms with van der Waals surface area (Å²) in [6.07, 6.45) is 0.559. The molecule has 0 bridgehead atoms. The van der Waals surface area contributed by atoms with E-state index in [0.717, 1.165) is 0 Å². The Kier molecular flexibility index (Phi) is 5.88. The highest BCUT2D eigenvalue weighted by Gasteiger charge is 2.31. The fraction of sp³-hybridized carbons (Fsp3) is 0.273. The molecular formula is C22H23FN4O3S. The molecule has 4 rings (SSSR count). The number of H-pyrrole nitrogens is 1. The van der Waals surface area contributed by atoms with Crippen LogP contribution in [0, 0.1) is 5.82 Å². The maximum absolute atomic E-state index is 14.1. The number of aromatic amines is 1. The highest BCUT2D eigenvalue weighted by molar-refractivity contribution is 7.89. The highest BCUT2D eigenvalue weighted by Crippen LogP contribution is 2.28. The van der Waals surface area contributed by atoms with Crippen LogP contribution in [0.25, 0.3) is 11.3 Å². The number of piperazine rings is 1. The summed E-state index contributed by atoms with van der Waals surface area (Å²) in [6, 6.07) is 14.6. The molecule has 2 heterocycles. The van der Waals surface area contributed by atoms with Crippen molar-refractivity contribution in [3.8, 4) is 11.3 Å². The van der Waals surface area contributed by atoms with E-state index in [2.05, 4.69) is 10.2 Å². The number of sulfonamides is 1. The second kappa shape index (κ2) is 8.60. The van der Waals surface area contributed by atoms with Crippen LogP contribution >= 0.6 is 0 Å². The molecule has 1 aliphatic heterocycles. The predicted molar refractivity (Wildman–Crippen MR) is 117 cm³/mol. The zero-order valence-electron chi connectivity index (χ0n) is 17.1. The number of aryl methyl sites for hydroxylation is 1. The Morgan fingerprint density at radius 2 is 1.77 bits per heavy atom. The highest BCUT2D eigenvalue weighted by atomic mass is 32.2. The van der Waals surface area contributed by atoms with E-state index >= 15 is 0 Å². The van der Waals surface area contributed by atoms with Crippen LogP contribution in [-0.4, -0.2) is 49.1 Å². The van der Waals surface area contributed by atoms with Crippen LogP contribution in [0.5, 0.6) is 0 Å². The van der Waals surface area contributed by atoms with E-state index in [9.17, 15) is 17.6 Å². The predicted octanol–water partition coefficient (Wildman–Crippen LogP) is 2.65. The van der Waals surface area contributed by atoms with Gasteiger partial charge in [-0.1, -0.05) is 31.2 Å². The molecule has 0 amide bonds. The summed E-state index contributed by atoms with van der Waals surface area (Å²) >= 11 is 0. The molecule has 162 valence electrons. The third-order valence-electron chi connectivity index (χ3n) is 5.47. The molecule has 1 N–H and O–H groups in total. The van der Waals surface area contributed by atoms with Crippen molar-refractivity contribution in [2.75, 3.05) is 31.1 Å². The third kappa shape index (κ3) is 4.24. The van der Waals surface area contributed by atoms with Crippen LogP contribution in [0.4, 0.5) is 10.1 Å². The van der Waals surface area contributed by atoms with E-state index in [4.69, 9.17) is 0 Å². The van der Waals surface area contributed by atoms with Gasteiger partial charge in [-0.25, -0.2) is 17.9 Å². The Labute approximate surface area is 180 Å². The van der Waals surface area contributed by atoms with Crippen molar-refractivity contribution in [1.82, 2.24) is 14.5 Å². The fourth-order valence-corrected chi connectivity index (χ4v) is 5.51. The Morgan fingerprint density at radius 3 is 2.42 bits per heavy atom. The molecule has 1 aromatic heterocycles. The van der Waals surface area contributed by atoms with Gasteiger partial charge in [0.25, 0.3) is 5.56 Å². The van der Waals surface area contributed by atoms with Gasteiger partial charge in [-0.2, -0.15) is 9.40 Å². The molecule has 1 aliphatic rings. The van der Waals surface area contributed by atoms with Gasteiger partial charge in [-0.15, -0.1) is 0 Å². The largest absolute Gasteiger partial charge is 0.367 e. The molecule has 31 heavy (non-hydrogen) atoms. The number of nitrogens with one attached hydrogen (secondary N) is 1. The monoisotopic (exact) mass is 442 g/mol. The second-order valence-electron chi connectivity index (χ2n) is 7.33. The minimum absolute atomic E-state index is 0.236. The first-order valence-electron chi connectivity index (χ1n) is 10.1. The van der Waals surface area contributed by atoms with Gasteiger partial charge in [0.1, 0.15) is 5.82 Å². The molecule has 0 atom stereocenters. The normalized spacial score (nSPS) is 15.2. The summed E-state index contributed by atoms with van der Waals surface area (Å²) in [6.45, 7) is 3.25. The number of rotatable bonds is 5. The average Bonchev–Trinajstić information content (AvgIpc) is 2.79. The first-order chi connectivity index (χ1) is 14.9. The Hall–Kier alpha value is -3.04. The lowest BCUT2D eigenvalue weighted by atomic mass is 10.1. The van der Waals surface area contributed by atoms with Gasteiger partial charge in [0.15, 0.2) is 0 Å².